The molecular weight excluding hydrogens is 406 g/mol. The van der Waals surface area contributed by atoms with Gasteiger partial charge in [-0.25, -0.2) is 4.98 Å². The Kier molecular flexibility index (Phi) is 6.68. The zero-order valence-corrected chi connectivity index (χ0v) is 19.2. The van der Waals surface area contributed by atoms with Gasteiger partial charge in [0.1, 0.15) is 5.75 Å². The first kappa shape index (κ1) is 21.5. The lowest BCUT2D eigenvalue weighted by Gasteiger charge is -2.25. The van der Waals surface area contributed by atoms with E-state index in [4.69, 9.17) is 4.74 Å². The summed E-state index contributed by atoms with van der Waals surface area (Å²) in [6, 6.07) is 16.7. The van der Waals surface area contributed by atoms with Crippen LogP contribution in [0, 0.1) is 6.92 Å². The number of rotatable bonds is 7. The average Bonchev–Trinajstić information content (AvgIpc) is 3.15. The molecule has 6 heteroatoms. The van der Waals surface area contributed by atoms with E-state index in [1.807, 2.05) is 25.1 Å². The van der Waals surface area contributed by atoms with Crippen molar-refractivity contribution in [1.29, 1.82) is 0 Å². The molecule has 31 heavy (non-hydrogen) atoms. The van der Waals surface area contributed by atoms with Crippen molar-refractivity contribution in [3.8, 4) is 5.75 Å². The summed E-state index contributed by atoms with van der Waals surface area (Å²) in [5.41, 5.74) is 4.65. The van der Waals surface area contributed by atoms with Crippen molar-refractivity contribution in [2.75, 3.05) is 18.5 Å². The quantitative estimate of drug-likeness (QED) is 0.558. The van der Waals surface area contributed by atoms with Gasteiger partial charge in [-0.2, -0.15) is 0 Å². The zero-order chi connectivity index (χ0) is 21.8. The van der Waals surface area contributed by atoms with E-state index in [-0.39, 0.29) is 12.5 Å². The van der Waals surface area contributed by atoms with Crippen LogP contribution < -0.4 is 10.1 Å². The topological polar surface area (TPSA) is 54.5 Å². The second-order valence-electron chi connectivity index (χ2n) is 8.35. The first-order valence-electron chi connectivity index (χ1n) is 10.8. The lowest BCUT2D eigenvalue weighted by molar-refractivity contribution is -0.118. The summed E-state index contributed by atoms with van der Waals surface area (Å²) in [6.07, 6.45) is 0.909. The van der Waals surface area contributed by atoms with Crippen LogP contribution in [0.2, 0.25) is 0 Å². The molecule has 0 unspecified atom stereocenters. The smallest absolute Gasteiger partial charge is 0.264 e. The molecule has 4 rings (SSSR count). The number of fused-ring (bicyclic) bond motifs is 1. The molecule has 162 valence electrons. The summed E-state index contributed by atoms with van der Waals surface area (Å²) >= 11 is 1.57. The minimum atomic E-state index is -0.179. The fourth-order valence-electron chi connectivity index (χ4n) is 3.71. The summed E-state index contributed by atoms with van der Waals surface area (Å²) in [7, 11) is 0. The Labute approximate surface area is 188 Å². The highest BCUT2D eigenvalue weighted by atomic mass is 32.1. The van der Waals surface area contributed by atoms with Crippen LogP contribution in [0.15, 0.2) is 48.5 Å². The second-order valence-corrected chi connectivity index (χ2v) is 9.44. The highest BCUT2D eigenvalue weighted by Gasteiger charge is 2.21. The number of amides is 1. The number of aryl methyl sites for hydroxylation is 1. The van der Waals surface area contributed by atoms with E-state index in [1.54, 1.807) is 11.3 Å². The van der Waals surface area contributed by atoms with Crippen LogP contribution in [0.1, 0.15) is 47.0 Å². The van der Waals surface area contributed by atoms with Gasteiger partial charge in [-0.15, -0.1) is 11.3 Å². The minimum Gasteiger partial charge on any atom is -0.483 e. The van der Waals surface area contributed by atoms with Gasteiger partial charge in [0.15, 0.2) is 11.7 Å². The maximum absolute atomic E-state index is 12.5. The molecule has 0 bridgehead atoms. The molecule has 1 aliphatic heterocycles. The van der Waals surface area contributed by atoms with Crippen molar-refractivity contribution in [3.63, 3.8) is 0 Å². The van der Waals surface area contributed by atoms with Gasteiger partial charge in [-0.05, 0) is 35.6 Å². The molecule has 0 spiro atoms. The molecule has 3 aromatic rings. The van der Waals surface area contributed by atoms with Crippen LogP contribution in [0.25, 0.3) is 0 Å². The third-order valence-corrected chi connectivity index (χ3v) is 6.54. The van der Waals surface area contributed by atoms with E-state index >= 15 is 0 Å². The fraction of sp³-hybridized carbons (Fsp3) is 0.360. The number of hydrogen-bond acceptors (Lipinski definition) is 5. The molecule has 1 aliphatic rings. The van der Waals surface area contributed by atoms with Crippen molar-refractivity contribution in [3.05, 3.63) is 75.8 Å². The first-order valence-corrected chi connectivity index (χ1v) is 11.6. The van der Waals surface area contributed by atoms with Crippen molar-refractivity contribution in [2.45, 2.75) is 46.2 Å². The Morgan fingerprint density at radius 2 is 2.03 bits per heavy atom. The van der Waals surface area contributed by atoms with Gasteiger partial charge in [0, 0.05) is 30.9 Å². The molecule has 1 aromatic heterocycles. The van der Waals surface area contributed by atoms with Crippen molar-refractivity contribution < 1.29 is 9.53 Å². The van der Waals surface area contributed by atoms with Crippen molar-refractivity contribution >= 4 is 22.4 Å². The first-order chi connectivity index (χ1) is 15.0. The number of ether oxygens (including phenoxy) is 1. The van der Waals surface area contributed by atoms with Gasteiger partial charge >= 0.3 is 0 Å². The lowest BCUT2D eigenvalue weighted by atomic mass is 10.0. The van der Waals surface area contributed by atoms with Gasteiger partial charge in [-0.1, -0.05) is 56.3 Å². The number of nitrogens with one attached hydrogen (secondary N) is 1. The molecule has 2 heterocycles. The normalized spacial score (nSPS) is 13.8. The van der Waals surface area contributed by atoms with Crippen molar-refractivity contribution in [2.24, 2.45) is 0 Å². The van der Waals surface area contributed by atoms with Gasteiger partial charge in [-0.3, -0.25) is 15.0 Å². The third kappa shape index (κ3) is 5.51. The predicted molar refractivity (Wildman–Crippen MR) is 126 cm³/mol. The largest absolute Gasteiger partial charge is 0.483 e. The van der Waals surface area contributed by atoms with E-state index in [0.29, 0.717) is 11.0 Å². The lowest BCUT2D eigenvalue weighted by Crippen LogP contribution is -2.29. The van der Waals surface area contributed by atoms with E-state index in [9.17, 15) is 4.79 Å². The maximum atomic E-state index is 12.5. The summed E-state index contributed by atoms with van der Waals surface area (Å²) in [5, 5.41) is 3.58. The van der Waals surface area contributed by atoms with Crippen LogP contribution in [0.3, 0.4) is 0 Å². The van der Waals surface area contributed by atoms with Crippen LogP contribution in [-0.4, -0.2) is 28.9 Å². The number of anilines is 1. The molecule has 0 radical (unpaired) electrons. The van der Waals surface area contributed by atoms with Gasteiger partial charge < -0.3 is 4.74 Å². The number of nitrogens with zero attached hydrogens (tertiary/aromatic N) is 2. The Hall–Kier alpha value is -2.70. The van der Waals surface area contributed by atoms with E-state index in [1.165, 1.54) is 16.0 Å². The Morgan fingerprint density at radius 3 is 2.81 bits per heavy atom. The van der Waals surface area contributed by atoms with Gasteiger partial charge in [0.2, 0.25) is 0 Å². The summed E-state index contributed by atoms with van der Waals surface area (Å²) in [4.78, 5) is 20.8. The van der Waals surface area contributed by atoms with Crippen molar-refractivity contribution in [1.82, 2.24) is 9.88 Å². The summed E-state index contributed by atoms with van der Waals surface area (Å²) < 4.78 is 5.80. The Bertz CT molecular complexity index is 1050. The molecule has 0 fully saturated rings. The Morgan fingerprint density at radius 1 is 1.23 bits per heavy atom. The molecule has 0 saturated heterocycles. The number of aromatic nitrogens is 1. The molecule has 0 saturated carbocycles. The Balaban J connectivity index is 1.33. The number of carbonyl (C=O) groups excluding carboxylic acids is 1. The summed E-state index contributed by atoms with van der Waals surface area (Å²) in [5.74, 6) is 0.998. The monoisotopic (exact) mass is 435 g/mol. The standard InChI is InChI=1S/C25H29N3O2S/c1-17(2)20-10-9-18(3)22(13-20)30-16-24(29)27-25-26-21-11-12-28(15-23(21)31-25)14-19-7-5-4-6-8-19/h4-10,13,17H,11-12,14-16H2,1-3H3,(H,26,27,29). The maximum Gasteiger partial charge on any atom is 0.264 e. The molecule has 1 amide bonds. The number of hydrogen-bond donors (Lipinski definition) is 1. The summed E-state index contributed by atoms with van der Waals surface area (Å²) in [6.45, 7) is 9.05. The van der Waals surface area contributed by atoms with Crippen LogP contribution >= 0.6 is 11.3 Å². The van der Waals surface area contributed by atoms with Gasteiger partial charge in [0.05, 0.1) is 5.69 Å². The molecule has 1 N–H and O–H groups in total. The minimum absolute atomic E-state index is 0.0211. The molecular formula is C25H29N3O2S. The molecule has 2 aromatic carbocycles. The highest BCUT2D eigenvalue weighted by molar-refractivity contribution is 7.15. The van der Waals surface area contributed by atoms with Crippen LogP contribution in [-0.2, 0) is 24.3 Å². The van der Waals surface area contributed by atoms with Crippen LogP contribution in [0.5, 0.6) is 5.75 Å². The second kappa shape index (κ2) is 9.62. The van der Waals surface area contributed by atoms with E-state index in [2.05, 4.69) is 59.4 Å². The molecule has 0 atom stereocenters. The number of thiazole rings is 1. The van der Waals surface area contributed by atoms with Gasteiger partial charge in [0.25, 0.3) is 5.91 Å². The SMILES string of the molecule is Cc1ccc(C(C)C)cc1OCC(=O)Nc1nc2c(s1)CN(Cc1ccccc1)CC2. The molecule has 0 aliphatic carbocycles. The van der Waals surface area contributed by atoms with Crippen LogP contribution in [0.4, 0.5) is 5.13 Å². The van der Waals surface area contributed by atoms with E-state index < -0.39 is 0 Å². The average molecular weight is 436 g/mol. The number of benzene rings is 2. The molecule has 5 nitrogen and oxygen atoms in total. The van der Waals surface area contributed by atoms with E-state index in [0.717, 1.165) is 43.1 Å². The third-order valence-electron chi connectivity index (χ3n) is 5.54. The fourth-order valence-corrected chi connectivity index (χ4v) is 4.78. The number of carbonyl (C=O) groups is 1. The zero-order valence-electron chi connectivity index (χ0n) is 18.4. The predicted octanol–water partition coefficient (Wildman–Crippen LogP) is 5.15. The highest BCUT2D eigenvalue weighted by Crippen LogP contribution is 2.29.